The number of carbonyl (C=O) groups is 1. The van der Waals surface area contributed by atoms with E-state index in [0.29, 0.717) is 0 Å². The third-order valence-corrected chi connectivity index (χ3v) is 3.16. The number of hydrogen-bond acceptors (Lipinski definition) is 3. The maximum atomic E-state index is 11.4. The van der Waals surface area contributed by atoms with Gasteiger partial charge in [0.2, 0.25) is 5.91 Å². The van der Waals surface area contributed by atoms with E-state index in [2.05, 4.69) is 17.2 Å². The predicted molar refractivity (Wildman–Crippen MR) is 73.0 cm³/mol. The zero-order valence-corrected chi connectivity index (χ0v) is 11.3. The summed E-state index contributed by atoms with van der Waals surface area (Å²) in [5, 5.41) is 5.83. The molecule has 0 aliphatic rings. The number of thiazole rings is 1. The van der Waals surface area contributed by atoms with E-state index in [1.54, 1.807) is 23.5 Å². The number of carbonyl (C=O) groups excluding carboxylic acids is 1. The fourth-order valence-electron chi connectivity index (χ4n) is 1.44. The minimum atomic E-state index is -0.0350. The molecule has 0 bridgehead atoms. The fourth-order valence-corrected chi connectivity index (χ4v) is 2.02. The van der Waals surface area contributed by atoms with Gasteiger partial charge in [-0.2, -0.15) is 0 Å². The van der Waals surface area contributed by atoms with Gasteiger partial charge in [0.15, 0.2) is 0 Å². The maximum Gasteiger partial charge on any atom is 0.244 e. The molecule has 0 atom stereocenters. The number of nitrogens with one attached hydrogen (secondary N) is 1. The van der Waals surface area contributed by atoms with Gasteiger partial charge in [0.05, 0.1) is 10.7 Å². The molecule has 1 aromatic rings. The van der Waals surface area contributed by atoms with E-state index in [9.17, 15) is 4.79 Å². The third kappa shape index (κ3) is 6.22. The Morgan fingerprint density at radius 2 is 2.29 bits per heavy atom. The van der Waals surface area contributed by atoms with Crippen LogP contribution >= 0.6 is 11.3 Å². The van der Waals surface area contributed by atoms with Gasteiger partial charge in [-0.15, -0.1) is 11.3 Å². The molecule has 17 heavy (non-hydrogen) atoms. The number of hydrogen-bond donors (Lipinski definition) is 1. The van der Waals surface area contributed by atoms with Gasteiger partial charge >= 0.3 is 0 Å². The SMILES string of the molecule is CCCCCCNC(=O)/C=C/c1csc(C)n1. The summed E-state index contributed by atoms with van der Waals surface area (Å²) in [5.41, 5.74) is 0.855. The highest BCUT2D eigenvalue weighted by Crippen LogP contribution is 2.08. The van der Waals surface area contributed by atoms with Gasteiger partial charge in [-0.05, 0) is 19.4 Å². The van der Waals surface area contributed by atoms with Crippen LogP contribution in [0.2, 0.25) is 0 Å². The quantitative estimate of drug-likeness (QED) is 0.598. The monoisotopic (exact) mass is 252 g/mol. The number of aryl methyl sites for hydroxylation is 1. The van der Waals surface area contributed by atoms with Crippen LogP contribution in [-0.4, -0.2) is 17.4 Å². The lowest BCUT2D eigenvalue weighted by Crippen LogP contribution is -2.21. The van der Waals surface area contributed by atoms with Crippen LogP contribution in [0.25, 0.3) is 6.08 Å². The number of nitrogens with zero attached hydrogens (tertiary/aromatic N) is 1. The summed E-state index contributed by atoms with van der Waals surface area (Å²) in [6.45, 7) is 4.90. The first-order chi connectivity index (χ1) is 8.22. The average Bonchev–Trinajstić information content (AvgIpc) is 2.72. The normalized spacial score (nSPS) is 10.9. The topological polar surface area (TPSA) is 42.0 Å². The molecule has 3 nitrogen and oxygen atoms in total. The van der Waals surface area contributed by atoms with Crippen molar-refractivity contribution in [1.29, 1.82) is 0 Å². The number of rotatable bonds is 7. The predicted octanol–water partition coefficient (Wildman–Crippen LogP) is 3.16. The highest BCUT2D eigenvalue weighted by atomic mass is 32.1. The van der Waals surface area contributed by atoms with Crippen molar-refractivity contribution in [3.05, 3.63) is 22.2 Å². The maximum absolute atomic E-state index is 11.4. The van der Waals surface area contributed by atoms with Gasteiger partial charge in [0.25, 0.3) is 0 Å². The molecule has 0 fully saturated rings. The Hall–Kier alpha value is -1.16. The molecule has 0 saturated heterocycles. The molecule has 94 valence electrons. The van der Waals surface area contributed by atoms with E-state index >= 15 is 0 Å². The summed E-state index contributed by atoms with van der Waals surface area (Å²) in [4.78, 5) is 15.7. The smallest absolute Gasteiger partial charge is 0.244 e. The van der Waals surface area contributed by atoms with Crippen molar-refractivity contribution in [2.45, 2.75) is 39.5 Å². The number of amides is 1. The molecule has 1 heterocycles. The molecule has 0 aliphatic heterocycles. The fraction of sp³-hybridized carbons (Fsp3) is 0.538. The Morgan fingerprint density at radius 1 is 1.47 bits per heavy atom. The molecule has 1 amide bonds. The molecule has 0 spiro atoms. The Balaban J connectivity index is 2.18. The van der Waals surface area contributed by atoms with E-state index in [0.717, 1.165) is 23.7 Å². The Labute approximate surface area is 107 Å². The summed E-state index contributed by atoms with van der Waals surface area (Å²) in [6, 6.07) is 0. The zero-order chi connectivity index (χ0) is 12.5. The van der Waals surface area contributed by atoms with Crippen molar-refractivity contribution in [3.63, 3.8) is 0 Å². The lowest BCUT2D eigenvalue weighted by Gasteiger charge is -2.00. The van der Waals surface area contributed by atoms with Crippen molar-refractivity contribution >= 4 is 23.3 Å². The van der Waals surface area contributed by atoms with Gasteiger partial charge in [-0.1, -0.05) is 26.2 Å². The Morgan fingerprint density at radius 3 is 2.94 bits per heavy atom. The average molecular weight is 252 g/mol. The first-order valence-electron chi connectivity index (χ1n) is 6.10. The molecule has 0 aliphatic carbocycles. The molecule has 0 saturated carbocycles. The molecular weight excluding hydrogens is 232 g/mol. The van der Waals surface area contributed by atoms with Crippen molar-refractivity contribution in [3.8, 4) is 0 Å². The van der Waals surface area contributed by atoms with E-state index in [4.69, 9.17) is 0 Å². The summed E-state index contributed by atoms with van der Waals surface area (Å²) >= 11 is 1.59. The molecule has 0 radical (unpaired) electrons. The van der Waals surface area contributed by atoms with Crippen molar-refractivity contribution < 1.29 is 4.79 Å². The second-order valence-electron chi connectivity index (χ2n) is 3.98. The lowest BCUT2D eigenvalue weighted by atomic mass is 10.2. The first kappa shape index (κ1) is 13.9. The molecule has 1 rings (SSSR count). The largest absolute Gasteiger partial charge is 0.353 e. The lowest BCUT2D eigenvalue weighted by molar-refractivity contribution is -0.116. The molecule has 0 unspecified atom stereocenters. The first-order valence-corrected chi connectivity index (χ1v) is 6.98. The van der Waals surface area contributed by atoms with Gasteiger partial charge in [-0.3, -0.25) is 4.79 Å². The van der Waals surface area contributed by atoms with E-state index in [1.165, 1.54) is 19.3 Å². The number of aromatic nitrogens is 1. The molecule has 1 N–H and O–H groups in total. The van der Waals surface area contributed by atoms with Crippen LogP contribution in [0.4, 0.5) is 0 Å². The molecular formula is C13H20N2OS. The minimum Gasteiger partial charge on any atom is -0.353 e. The summed E-state index contributed by atoms with van der Waals surface area (Å²) in [6.07, 6.45) is 8.01. The standard InChI is InChI=1S/C13H20N2OS/c1-3-4-5-6-9-14-13(16)8-7-12-10-17-11(2)15-12/h7-8,10H,3-6,9H2,1-2H3,(H,14,16)/b8-7+. The van der Waals surface area contributed by atoms with Gasteiger partial charge in [0, 0.05) is 18.0 Å². The van der Waals surface area contributed by atoms with Crippen LogP contribution in [0.15, 0.2) is 11.5 Å². The van der Waals surface area contributed by atoms with Crippen LogP contribution < -0.4 is 5.32 Å². The molecule has 0 aromatic carbocycles. The second-order valence-corrected chi connectivity index (χ2v) is 5.04. The summed E-state index contributed by atoms with van der Waals surface area (Å²) in [5.74, 6) is -0.0350. The van der Waals surface area contributed by atoms with E-state index in [-0.39, 0.29) is 5.91 Å². The molecule has 1 aromatic heterocycles. The van der Waals surface area contributed by atoms with Crippen molar-refractivity contribution in [2.24, 2.45) is 0 Å². The highest BCUT2D eigenvalue weighted by Gasteiger charge is 1.96. The van der Waals surface area contributed by atoms with E-state index in [1.807, 2.05) is 12.3 Å². The van der Waals surface area contributed by atoms with E-state index < -0.39 is 0 Å². The van der Waals surface area contributed by atoms with Crippen LogP contribution in [0.5, 0.6) is 0 Å². The zero-order valence-electron chi connectivity index (χ0n) is 10.5. The molecule has 4 heteroatoms. The summed E-state index contributed by atoms with van der Waals surface area (Å²) < 4.78 is 0. The van der Waals surface area contributed by atoms with Gasteiger partial charge in [-0.25, -0.2) is 4.98 Å². The second kappa shape index (κ2) is 8.01. The van der Waals surface area contributed by atoms with Crippen molar-refractivity contribution in [2.75, 3.05) is 6.54 Å². The minimum absolute atomic E-state index is 0.0350. The van der Waals surface area contributed by atoms with Crippen LogP contribution in [0.1, 0.15) is 43.3 Å². The van der Waals surface area contributed by atoms with Crippen molar-refractivity contribution in [1.82, 2.24) is 10.3 Å². The highest BCUT2D eigenvalue weighted by molar-refractivity contribution is 7.09. The Bertz CT molecular complexity index is 371. The van der Waals surface area contributed by atoms with Crippen LogP contribution in [0.3, 0.4) is 0 Å². The van der Waals surface area contributed by atoms with Crippen LogP contribution in [-0.2, 0) is 4.79 Å². The van der Waals surface area contributed by atoms with Gasteiger partial charge < -0.3 is 5.32 Å². The third-order valence-electron chi connectivity index (χ3n) is 2.37. The Kier molecular flexibility index (Phi) is 6.55. The summed E-state index contributed by atoms with van der Waals surface area (Å²) in [7, 11) is 0. The van der Waals surface area contributed by atoms with Crippen LogP contribution in [0, 0.1) is 6.92 Å². The van der Waals surface area contributed by atoms with Gasteiger partial charge in [0.1, 0.15) is 0 Å². The number of unbranched alkanes of at least 4 members (excludes halogenated alkanes) is 3.